The van der Waals surface area contributed by atoms with Crippen LogP contribution in [-0.4, -0.2) is 35.8 Å². The molecular weight excluding hydrogens is 348 g/mol. The van der Waals surface area contributed by atoms with E-state index in [0.717, 1.165) is 35.1 Å². The molecule has 2 amide bonds. The second kappa shape index (κ2) is 10.6. The first-order chi connectivity index (χ1) is 13.4. The van der Waals surface area contributed by atoms with E-state index in [1.165, 1.54) is 0 Å². The summed E-state index contributed by atoms with van der Waals surface area (Å²) >= 11 is 0. The Morgan fingerprint density at radius 2 is 1.79 bits per heavy atom. The van der Waals surface area contributed by atoms with Crippen LogP contribution in [0.5, 0.6) is 0 Å². The van der Waals surface area contributed by atoms with Gasteiger partial charge in [0.25, 0.3) is 0 Å². The maximum atomic E-state index is 13.2. The maximum absolute atomic E-state index is 13.2. The molecule has 1 unspecified atom stereocenters. The molecule has 0 aliphatic carbocycles. The SMILES string of the molecule is CCCNC(=O)C(C)N(CCc1ccccc1)C(=O)Cc1cc(C)ccc1C. The van der Waals surface area contributed by atoms with Crippen molar-refractivity contribution in [2.24, 2.45) is 0 Å². The Labute approximate surface area is 169 Å². The summed E-state index contributed by atoms with van der Waals surface area (Å²) in [6.07, 6.45) is 1.91. The molecule has 0 radical (unpaired) electrons. The van der Waals surface area contributed by atoms with E-state index in [0.29, 0.717) is 19.5 Å². The van der Waals surface area contributed by atoms with Crippen LogP contribution in [0.25, 0.3) is 0 Å². The predicted molar refractivity (Wildman–Crippen MR) is 114 cm³/mol. The largest absolute Gasteiger partial charge is 0.354 e. The highest BCUT2D eigenvalue weighted by molar-refractivity contribution is 5.88. The molecule has 1 atom stereocenters. The molecule has 2 rings (SSSR count). The number of nitrogens with one attached hydrogen (secondary N) is 1. The van der Waals surface area contributed by atoms with Gasteiger partial charge >= 0.3 is 0 Å². The van der Waals surface area contributed by atoms with Gasteiger partial charge in [-0.3, -0.25) is 9.59 Å². The van der Waals surface area contributed by atoms with Crippen molar-refractivity contribution in [2.75, 3.05) is 13.1 Å². The lowest BCUT2D eigenvalue weighted by atomic mass is 10.0. The molecule has 28 heavy (non-hydrogen) atoms. The monoisotopic (exact) mass is 380 g/mol. The normalized spacial score (nSPS) is 11.7. The van der Waals surface area contributed by atoms with Gasteiger partial charge in [-0.1, -0.05) is 61.0 Å². The van der Waals surface area contributed by atoms with Gasteiger partial charge in [-0.2, -0.15) is 0 Å². The molecule has 0 saturated heterocycles. The van der Waals surface area contributed by atoms with Crippen molar-refractivity contribution in [3.63, 3.8) is 0 Å². The molecule has 0 heterocycles. The zero-order valence-corrected chi connectivity index (χ0v) is 17.5. The van der Waals surface area contributed by atoms with Crippen molar-refractivity contribution in [1.29, 1.82) is 0 Å². The summed E-state index contributed by atoms with van der Waals surface area (Å²) in [7, 11) is 0. The summed E-state index contributed by atoms with van der Waals surface area (Å²) in [5.74, 6) is -0.104. The van der Waals surface area contributed by atoms with E-state index < -0.39 is 6.04 Å². The lowest BCUT2D eigenvalue weighted by molar-refractivity contribution is -0.139. The van der Waals surface area contributed by atoms with Gasteiger partial charge in [0.2, 0.25) is 11.8 Å². The quantitative estimate of drug-likeness (QED) is 0.719. The third-order valence-corrected chi connectivity index (χ3v) is 5.05. The molecule has 4 nitrogen and oxygen atoms in total. The third-order valence-electron chi connectivity index (χ3n) is 5.05. The third kappa shape index (κ3) is 6.22. The van der Waals surface area contributed by atoms with Gasteiger partial charge in [-0.15, -0.1) is 0 Å². The highest BCUT2D eigenvalue weighted by Gasteiger charge is 2.25. The molecule has 0 aromatic heterocycles. The average molecular weight is 381 g/mol. The highest BCUT2D eigenvalue weighted by atomic mass is 16.2. The number of rotatable bonds is 9. The second-order valence-electron chi connectivity index (χ2n) is 7.40. The summed E-state index contributed by atoms with van der Waals surface area (Å²) < 4.78 is 0. The Bertz CT molecular complexity index is 786. The van der Waals surface area contributed by atoms with Crippen LogP contribution >= 0.6 is 0 Å². The van der Waals surface area contributed by atoms with E-state index in [4.69, 9.17) is 0 Å². The molecule has 0 spiro atoms. The minimum Gasteiger partial charge on any atom is -0.354 e. The fraction of sp³-hybridized carbons (Fsp3) is 0.417. The molecular formula is C24H32N2O2. The van der Waals surface area contributed by atoms with Crippen molar-refractivity contribution in [3.05, 3.63) is 70.8 Å². The van der Waals surface area contributed by atoms with Gasteiger partial charge in [0.05, 0.1) is 6.42 Å². The van der Waals surface area contributed by atoms with Crippen LogP contribution in [0.15, 0.2) is 48.5 Å². The van der Waals surface area contributed by atoms with Crippen LogP contribution in [0.1, 0.15) is 42.5 Å². The summed E-state index contributed by atoms with van der Waals surface area (Å²) in [6.45, 7) is 9.03. The van der Waals surface area contributed by atoms with Gasteiger partial charge in [0.1, 0.15) is 6.04 Å². The predicted octanol–water partition coefficient (Wildman–Crippen LogP) is 3.83. The molecule has 150 valence electrons. The van der Waals surface area contributed by atoms with Crippen LogP contribution in [-0.2, 0) is 22.4 Å². The zero-order valence-electron chi connectivity index (χ0n) is 17.5. The van der Waals surface area contributed by atoms with Crippen molar-refractivity contribution in [2.45, 2.75) is 53.0 Å². The molecule has 4 heteroatoms. The highest BCUT2D eigenvalue weighted by Crippen LogP contribution is 2.14. The number of hydrogen-bond acceptors (Lipinski definition) is 2. The van der Waals surface area contributed by atoms with E-state index in [1.54, 1.807) is 4.90 Å². The Morgan fingerprint density at radius 1 is 1.07 bits per heavy atom. The second-order valence-corrected chi connectivity index (χ2v) is 7.40. The van der Waals surface area contributed by atoms with Crippen LogP contribution < -0.4 is 5.32 Å². The minimum absolute atomic E-state index is 0.0104. The first kappa shape index (κ1) is 21.7. The first-order valence-corrected chi connectivity index (χ1v) is 10.1. The smallest absolute Gasteiger partial charge is 0.242 e. The van der Waals surface area contributed by atoms with E-state index >= 15 is 0 Å². The van der Waals surface area contributed by atoms with Crippen molar-refractivity contribution < 1.29 is 9.59 Å². The summed E-state index contributed by atoms with van der Waals surface area (Å²) in [6, 6.07) is 15.7. The van der Waals surface area contributed by atoms with E-state index in [1.807, 2.05) is 52.0 Å². The van der Waals surface area contributed by atoms with Crippen molar-refractivity contribution in [1.82, 2.24) is 10.2 Å². The number of benzene rings is 2. The molecule has 2 aromatic carbocycles. The summed E-state index contributed by atoms with van der Waals surface area (Å²) in [5, 5.41) is 2.92. The molecule has 2 aromatic rings. The van der Waals surface area contributed by atoms with Gasteiger partial charge in [0.15, 0.2) is 0 Å². The lowest BCUT2D eigenvalue weighted by Crippen LogP contribution is -2.49. The molecule has 0 bridgehead atoms. The van der Waals surface area contributed by atoms with Gasteiger partial charge in [-0.05, 0) is 50.3 Å². The number of nitrogens with zero attached hydrogens (tertiary/aromatic N) is 1. The van der Waals surface area contributed by atoms with Crippen LogP contribution in [0.3, 0.4) is 0 Å². The number of amides is 2. The molecule has 0 saturated carbocycles. The fourth-order valence-corrected chi connectivity index (χ4v) is 3.22. The van der Waals surface area contributed by atoms with Crippen molar-refractivity contribution >= 4 is 11.8 Å². The fourth-order valence-electron chi connectivity index (χ4n) is 3.22. The standard InChI is InChI=1S/C24H32N2O2/c1-5-14-25-24(28)20(4)26(15-13-21-9-7-6-8-10-21)23(27)17-22-16-18(2)11-12-19(22)3/h6-12,16,20H,5,13-15,17H2,1-4H3,(H,25,28). The lowest BCUT2D eigenvalue weighted by Gasteiger charge is -2.29. The molecule has 1 N–H and O–H groups in total. The molecule has 0 fully saturated rings. The molecule has 0 aliphatic heterocycles. The Kier molecular flexibility index (Phi) is 8.24. The number of aryl methyl sites for hydroxylation is 2. The first-order valence-electron chi connectivity index (χ1n) is 10.1. The Balaban J connectivity index is 2.16. The summed E-state index contributed by atoms with van der Waals surface area (Å²) in [4.78, 5) is 27.4. The maximum Gasteiger partial charge on any atom is 0.242 e. The van der Waals surface area contributed by atoms with E-state index in [2.05, 4.69) is 29.6 Å². The van der Waals surface area contributed by atoms with E-state index in [9.17, 15) is 9.59 Å². The Hall–Kier alpha value is -2.62. The van der Waals surface area contributed by atoms with Gasteiger partial charge in [0, 0.05) is 13.1 Å². The zero-order chi connectivity index (χ0) is 20.5. The summed E-state index contributed by atoms with van der Waals surface area (Å²) in [5.41, 5.74) is 4.42. The Morgan fingerprint density at radius 3 is 2.46 bits per heavy atom. The number of hydrogen-bond donors (Lipinski definition) is 1. The van der Waals surface area contributed by atoms with Gasteiger partial charge in [-0.25, -0.2) is 0 Å². The number of carbonyl (C=O) groups is 2. The minimum atomic E-state index is -0.493. The number of carbonyl (C=O) groups excluding carboxylic acids is 2. The average Bonchev–Trinajstić information content (AvgIpc) is 2.69. The van der Waals surface area contributed by atoms with E-state index in [-0.39, 0.29) is 11.8 Å². The van der Waals surface area contributed by atoms with Crippen molar-refractivity contribution in [3.8, 4) is 0 Å². The topological polar surface area (TPSA) is 49.4 Å². The van der Waals surface area contributed by atoms with Crippen LogP contribution in [0.2, 0.25) is 0 Å². The van der Waals surface area contributed by atoms with Crippen LogP contribution in [0, 0.1) is 13.8 Å². The molecule has 0 aliphatic rings. The van der Waals surface area contributed by atoms with Crippen LogP contribution in [0.4, 0.5) is 0 Å². The van der Waals surface area contributed by atoms with Gasteiger partial charge < -0.3 is 10.2 Å².